The molecule has 0 aliphatic heterocycles. The first kappa shape index (κ1) is 24.8. The van der Waals surface area contributed by atoms with Crippen molar-refractivity contribution in [2.24, 2.45) is 0 Å². The van der Waals surface area contributed by atoms with E-state index in [1.54, 1.807) is 0 Å². The Morgan fingerprint density at radius 3 is 2.40 bits per heavy atom. The molecule has 0 aromatic rings. The van der Waals surface area contributed by atoms with Crippen molar-refractivity contribution in [3.05, 3.63) is 0 Å². The quantitative estimate of drug-likeness (QED) is 0.163. The number of methoxy groups -OCH3 is 1. The average molecular weight is 449 g/mol. The number of carbonyl (C=O) groups is 1. The van der Waals surface area contributed by atoms with Crippen molar-refractivity contribution in [1.29, 1.82) is 0 Å². The summed E-state index contributed by atoms with van der Waals surface area (Å²) in [6.07, 6.45) is 5.04. The van der Waals surface area contributed by atoms with Crippen LogP contribution in [0.2, 0.25) is 0 Å². The Bertz CT molecular complexity index is 383. The van der Waals surface area contributed by atoms with Crippen LogP contribution in [0, 0.1) is 0 Å². The lowest BCUT2D eigenvalue weighted by Gasteiger charge is -2.19. The largest absolute Gasteiger partial charge is 0.508 e. The van der Waals surface area contributed by atoms with Crippen molar-refractivity contribution < 1.29 is 37.5 Å². The summed E-state index contributed by atoms with van der Waals surface area (Å²) in [7, 11) is -3.02. The summed E-state index contributed by atoms with van der Waals surface area (Å²) in [6, 6.07) is 0. The molecule has 0 saturated heterocycles. The van der Waals surface area contributed by atoms with E-state index < -0.39 is 20.1 Å². The standard InChI is InChI=1S/C15H30BrO8P/c1-3-4-5-6-7-8-10-21-12-14(24-15(17)20-2)13-23-25(18,19)22-11-9-16/h14H,3-13H2,1-2H3,(H,18,19). The van der Waals surface area contributed by atoms with Crippen LogP contribution < -0.4 is 0 Å². The van der Waals surface area contributed by atoms with Crippen LogP contribution in [-0.2, 0) is 27.8 Å². The van der Waals surface area contributed by atoms with Gasteiger partial charge in [-0.25, -0.2) is 9.36 Å². The SMILES string of the molecule is CCCCCCCCOCC(COP(=O)(O)OCCBr)OC(=O)OC. The fourth-order valence-corrected chi connectivity index (χ4v) is 3.03. The van der Waals surface area contributed by atoms with Crippen LogP contribution in [0.4, 0.5) is 4.79 Å². The first-order chi connectivity index (χ1) is 11.9. The van der Waals surface area contributed by atoms with E-state index in [9.17, 15) is 14.3 Å². The summed E-state index contributed by atoms with van der Waals surface area (Å²) in [4.78, 5) is 20.7. The van der Waals surface area contributed by atoms with E-state index in [1.807, 2.05) is 0 Å². The molecule has 1 N–H and O–H groups in total. The molecule has 0 aromatic carbocycles. The Balaban J connectivity index is 4.09. The second-order valence-electron chi connectivity index (χ2n) is 5.32. The highest BCUT2D eigenvalue weighted by atomic mass is 79.9. The molecular weight excluding hydrogens is 419 g/mol. The fourth-order valence-electron chi connectivity index (χ4n) is 1.86. The average Bonchev–Trinajstić information content (AvgIpc) is 2.59. The van der Waals surface area contributed by atoms with Crippen molar-refractivity contribution >= 4 is 29.9 Å². The molecule has 0 aliphatic carbocycles. The number of ether oxygens (including phenoxy) is 3. The van der Waals surface area contributed by atoms with Gasteiger partial charge in [-0.3, -0.25) is 9.05 Å². The molecule has 0 radical (unpaired) electrons. The number of phosphoric ester groups is 1. The number of halogens is 1. The van der Waals surface area contributed by atoms with Crippen LogP contribution in [0.15, 0.2) is 0 Å². The minimum atomic E-state index is -4.19. The van der Waals surface area contributed by atoms with Gasteiger partial charge >= 0.3 is 14.0 Å². The summed E-state index contributed by atoms with van der Waals surface area (Å²) in [5.74, 6) is 0. The molecule has 10 heteroatoms. The lowest BCUT2D eigenvalue weighted by atomic mass is 10.1. The van der Waals surface area contributed by atoms with Crippen LogP contribution in [0.25, 0.3) is 0 Å². The van der Waals surface area contributed by atoms with E-state index in [1.165, 1.54) is 32.8 Å². The molecule has 0 amide bonds. The molecule has 150 valence electrons. The Morgan fingerprint density at radius 1 is 1.08 bits per heavy atom. The van der Waals surface area contributed by atoms with Crippen molar-refractivity contribution in [1.82, 2.24) is 0 Å². The number of unbranched alkanes of at least 4 members (excludes halogenated alkanes) is 5. The Labute approximate surface area is 158 Å². The normalized spacial score (nSPS) is 14.7. The van der Waals surface area contributed by atoms with Crippen molar-refractivity contribution in [3.63, 3.8) is 0 Å². The summed E-state index contributed by atoms with van der Waals surface area (Å²) < 4.78 is 35.9. The van der Waals surface area contributed by atoms with Gasteiger partial charge < -0.3 is 19.1 Å². The van der Waals surface area contributed by atoms with Crippen molar-refractivity contribution in [3.8, 4) is 0 Å². The molecule has 2 atom stereocenters. The van der Waals surface area contributed by atoms with Crippen LogP contribution in [0.3, 0.4) is 0 Å². The summed E-state index contributed by atoms with van der Waals surface area (Å²) in [6.45, 7) is 2.42. The van der Waals surface area contributed by atoms with E-state index in [2.05, 4.69) is 32.1 Å². The minimum absolute atomic E-state index is 0.0187. The monoisotopic (exact) mass is 448 g/mol. The molecule has 0 rings (SSSR count). The third kappa shape index (κ3) is 15.8. The van der Waals surface area contributed by atoms with Gasteiger partial charge in [0.05, 0.1) is 26.9 Å². The lowest BCUT2D eigenvalue weighted by Crippen LogP contribution is -2.28. The van der Waals surface area contributed by atoms with Gasteiger partial charge in [0.2, 0.25) is 0 Å². The first-order valence-corrected chi connectivity index (χ1v) is 11.1. The molecule has 0 spiro atoms. The highest BCUT2D eigenvalue weighted by Crippen LogP contribution is 2.43. The molecule has 0 aromatic heterocycles. The van der Waals surface area contributed by atoms with E-state index in [-0.39, 0.29) is 19.8 Å². The maximum Gasteiger partial charge on any atom is 0.508 e. The smallest absolute Gasteiger partial charge is 0.438 e. The number of hydrogen-bond donors (Lipinski definition) is 1. The van der Waals surface area contributed by atoms with Gasteiger partial charge in [-0.1, -0.05) is 55.0 Å². The van der Waals surface area contributed by atoms with E-state index >= 15 is 0 Å². The molecule has 25 heavy (non-hydrogen) atoms. The van der Waals surface area contributed by atoms with Gasteiger partial charge in [0.15, 0.2) is 6.10 Å². The second-order valence-corrected chi connectivity index (χ2v) is 7.57. The predicted octanol–water partition coefficient (Wildman–Crippen LogP) is 4.04. The summed E-state index contributed by atoms with van der Waals surface area (Å²) >= 11 is 3.07. The van der Waals surface area contributed by atoms with Gasteiger partial charge in [-0.05, 0) is 6.42 Å². The van der Waals surface area contributed by atoms with Crippen LogP contribution in [0.5, 0.6) is 0 Å². The van der Waals surface area contributed by atoms with Crippen molar-refractivity contribution in [2.45, 2.75) is 51.6 Å². The van der Waals surface area contributed by atoms with E-state index in [4.69, 9.17) is 14.0 Å². The molecule has 0 heterocycles. The number of rotatable bonds is 16. The Morgan fingerprint density at radius 2 is 1.76 bits per heavy atom. The zero-order valence-electron chi connectivity index (χ0n) is 15.0. The van der Waals surface area contributed by atoms with Gasteiger partial charge in [-0.2, -0.15) is 0 Å². The van der Waals surface area contributed by atoms with E-state index in [0.29, 0.717) is 11.9 Å². The topological polar surface area (TPSA) is 101 Å². The summed E-state index contributed by atoms with van der Waals surface area (Å²) in [5, 5.41) is 0.393. The van der Waals surface area contributed by atoms with Gasteiger partial charge in [0.1, 0.15) is 0 Å². The lowest BCUT2D eigenvalue weighted by molar-refractivity contribution is -0.0319. The molecule has 2 unspecified atom stereocenters. The predicted molar refractivity (Wildman–Crippen MR) is 97.0 cm³/mol. The third-order valence-corrected chi connectivity index (χ3v) is 4.44. The number of carbonyl (C=O) groups excluding carboxylic acids is 1. The maximum absolute atomic E-state index is 11.6. The molecule has 8 nitrogen and oxygen atoms in total. The Kier molecular flexibility index (Phi) is 15.9. The molecule has 0 bridgehead atoms. The zero-order chi connectivity index (χ0) is 19.0. The number of phosphoric acid groups is 1. The fraction of sp³-hybridized carbons (Fsp3) is 0.933. The molecular formula is C15H30BrO8P. The van der Waals surface area contributed by atoms with Gasteiger partial charge in [-0.15, -0.1) is 0 Å². The minimum Gasteiger partial charge on any atom is -0.438 e. The number of alkyl halides is 1. The van der Waals surface area contributed by atoms with E-state index in [0.717, 1.165) is 12.8 Å². The molecule has 0 aliphatic rings. The van der Waals surface area contributed by atoms with Gasteiger partial charge in [0, 0.05) is 11.9 Å². The molecule has 0 fully saturated rings. The van der Waals surface area contributed by atoms with Crippen molar-refractivity contribution in [2.75, 3.05) is 38.9 Å². The van der Waals surface area contributed by atoms with Crippen LogP contribution in [-0.4, -0.2) is 56.0 Å². The summed E-state index contributed by atoms with van der Waals surface area (Å²) in [5.41, 5.74) is 0. The molecule has 0 saturated carbocycles. The Hall–Kier alpha value is -0.180. The maximum atomic E-state index is 11.6. The highest BCUT2D eigenvalue weighted by Gasteiger charge is 2.25. The van der Waals surface area contributed by atoms with Crippen LogP contribution in [0.1, 0.15) is 45.4 Å². The zero-order valence-corrected chi connectivity index (χ0v) is 17.5. The highest BCUT2D eigenvalue weighted by molar-refractivity contribution is 9.09. The van der Waals surface area contributed by atoms with Gasteiger partial charge in [0.25, 0.3) is 0 Å². The second kappa shape index (κ2) is 16.0. The number of hydrogen-bond acceptors (Lipinski definition) is 7. The third-order valence-electron chi connectivity index (χ3n) is 3.13. The first-order valence-electron chi connectivity index (χ1n) is 8.45. The van der Waals surface area contributed by atoms with Crippen LogP contribution >= 0.6 is 23.8 Å².